The lowest BCUT2D eigenvalue weighted by Crippen LogP contribution is -2.06. The fourth-order valence-corrected chi connectivity index (χ4v) is 3.68. The molecule has 168 valence electrons. The minimum absolute atomic E-state index is 0.195. The molecule has 0 saturated carbocycles. The monoisotopic (exact) mass is 461 g/mol. The highest BCUT2D eigenvalue weighted by molar-refractivity contribution is 6.32. The molecule has 1 aliphatic heterocycles. The molecule has 1 heterocycles. The summed E-state index contributed by atoms with van der Waals surface area (Å²) in [5.74, 6) is 0.735. The minimum Gasteiger partial charge on any atom is -0.490 e. The van der Waals surface area contributed by atoms with Gasteiger partial charge in [-0.2, -0.15) is 0 Å². The summed E-state index contributed by atoms with van der Waals surface area (Å²) in [6.45, 7) is 6.66. The second kappa shape index (κ2) is 9.92. The molecular formula is C27H24ClNO4. The Hall–Kier alpha value is -3.57. The predicted octanol–water partition coefficient (Wildman–Crippen LogP) is 6.28. The van der Waals surface area contributed by atoms with Crippen LogP contribution >= 0.6 is 11.6 Å². The first-order chi connectivity index (χ1) is 15.9. The van der Waals surface area contributed by atoms with Gasteiger partial charge in [-0.1, -0.05) is 59.6 Å². The van der Waals surface area contributed by atoms with Crippen LogP contribution in [0.15, 0.2) is 71.4 Å². The number of aryl methyl sites for hydroxylation is 2. The highest BCUT2D eigenvalue weighted by Crippen LogP contribution is 2.38. The van der Waals surface area contributed by atoms with Crippen LogP contribution in [0.25, 0.3) is 6.08 Å². The standard InChI is InChI=1S/C27H24ClNO4/c1-4-31-24-15-20(13-22(28)25(24)32-16-19-11-9-17(2)10-12-19)14-23-27(30)33-26(29-23)21-8-6-5-7-18(21)3/h5-15H,4,16H2,1-3H3/b23-14-. The quantitative estimate of drug-likeness (QED) is 0.307. The Morgan fingerprint density at radius 3 is 2.52 bits per heavy atom. The van der Waals surface area contributed by atoms with Crippen molar-refractivity contribution in [2.24, 2.45) is 4.99 Å². The van der Waals surface area contributed by atoms with Crippen LogP contribution in [0.1, 0.15) is 34.7 Å². The summed E-state index contributed by atoms with van der Waals surface area (Å²) in [5.41, 5.74) is 4.82. The van der Waals surface area contributed by atoms with Gasteiger partial charge in [0.05, 0.1) is 11.6 Å². The van der Waals surface area contributed by atoms with Crippen LogP contribution in [0.3, 0.4) is 0 Å². The molecule has 0 fully saturated rings. The molecule has 3 aromatic rings. The lowest BCUT2D eigenvalue weighted by Gasteiger charge is -2.14. The summed E-state index contributed by atoms with van der Waals surface area (Å²) in [6, 6.07) is 19.2. The first-order valence-corrected chi connectivity index (χ1v) is 11.1. The summed E-state index contributed by atoms with van der Waals surface area (Å²) < 4.78 is 17.2. The van der Waals surface area contributed by atoms with E-state index in [1.807, 2.05) is 69.3 Å². The van der Waals surface area contributed by atoms with E-state index in [0.29, 0.717) is 41.2 Å². The lowest BCUT2D eigenvalue weighted by molar-refractivity contribution is -0.129. The van der Waals surface area contributed by atoms with Crippen LogP contribution in [0, 0.1) is 13.8 Å². The molecule has 0 spiro atoms. The number of rotatable bonds is 7. The van der Waals surface area contributed by atoms with Gasteiger partial charge >= 0.3 is 5.97 Å². The zero-order chi connectivity index (χ0) is 23.4. The minimum atomic E-state index is -0.512. The molecule has 3 aromatic carbocycles. The van der Waals surface area contributed by atoms with E-state index in [1.54, 1.807) is 18.2 Å². The summed E-state index contributed by atoms with van der Waals surface area (Å²) in [7, 11) is 0. The van der Waals surface area contributed by atoms with Crippen molar-refractivity contribution in [1.29, 1.82) is 0 Å². The molecule has 5 nitrogen and oxygen atoms in total. The molecule has 0 amide bonds. The summed E-state index contributed by atoms with van der Waals surface area (Å²) in [4.78, 5) is 16.8. The van der Waals surface area contributed by atoms with E-state index in [-0.39, 0.29) is 5.70 Å². The molecule has 0 aromatic heterocycles. The highest BCUT2D eigenvalue weighted by atomic mass is 35.5. The molecule has 33 heavy (non-hydrogen) atoms. The Balaban J connectivity index is 1.61. The van der Waals surface area contributed by atoms with Crippen molar-refractivity contribution < 1.29 is 19.0 Å². The van der Waals surface area contributed by atoms with Crippen molar-refractivity contribution in [2.45, 2.75) is 27.4 Å². The molecule has 0 aliphatic carbocycles. The van der Waals surface area contributed by atoms with Crippen molar-refractivity contribution in [3.05, 3.63) is 99.2 Å². The van der Waals surface area contributed by atoms with Gasteiger partial charge in [0.2, 0.25) is 5.90 Å². The Bertz CT molecular complexity index is 1250. The third kappa shape index (κ3) is 5.26. The lowest BCUT2D eigenvalue weighted by atomic mass is 10.1. The third-order valence-electron chi connectivity index (χ3n) is 5.13. The molecule has 0 N–H and O–H groups in total. The Kier molecular flexibility index (Phi) is 6.80. The van der Waals surface area contributed by atoms with Crippen molar-refractivity contribution in [1.82, 2.24) is 0 Å². The smallest absolute Gasteiger partial charge is 0.363 e. The van der Waals surface area contributed by atoms with E-state index in [9.17, 15) is 4.79 Å². The molecule has 0 unspecified atom stereocenters. The Morgan fingerprint density at radius 1 is 1.03 bits per heavy atom. The first-order valence-electron chi connectivity index (χ1n) is 10.7. The SMILES string of the molecule is CCOc1cc(/C=C2\N=C(c3ccccc3C)OC2=O)cc(Cl)c1OCc1ccc(C)cc1. The summed E-state index contributed by atoms with van der Waals surface area (Å²) in [6.07, 6.45) is 1.63. The van der Waals surface area contributed by atoms with Crippen LogP contribution in [0.5, 0.6) is 11.5 Å². The largest absolute Gasteiger partial charge is 0.490 e. The van der Waals surface area contributed by atoms with Gasteiger partial charge in [0.1, 0.15) is 6.61 Å². The first kappa shape index (κ1) is 22.6. The summed E-state index contributed by atoms with van der Waals surface area (Å²) >= 11 is 6.54. The van der Waals surface area contributed by atoms with Crippen molar-refractivity contribution in [2.75, 3.05) is 6.61 Å². The van der Waals surface area contributed by atoms with Gasteiger partial charge in [-0.3, -0.25) is 0 Å². The van der Waals surface area contributed by atoms with Gasteiger partial charge in [-0.25, -0.2) is 9.79 Å². The molecule has 4 rings (SSSR count). The molecule has 0 atom stereocenters. The fourth-order valence-electron chi connectivity index (χ4n) is 3.41. The van der Waals surface area contributed by atoms with E-state index in [1.165, 1.54) is 5.56 Å². The van der Waals surface area contributed by atoms with E-state index in [2.05, 4.69) is 4.99 Å². The van der Waals surface area contributed by atoms with Crippen LogP contribution in [-0.2, 0) is 16.1 Å². The van der Waals surface area contributed by atoms with Gasteiger partial charge in [0.15, 0.2) is 17.2 Å². The van der Waals surface area contributed by atoms with Gasteiger partial charge < -0.3 is 14.2 Å². The number of carbonyl (C=O) groups is 1. The maximum Gasteiger partial charge on any atom is 0.363 e. The zero-order valence-corrected chi connectivity index (χ0v) is 19.5. The van der Waals surface area contributed by atoms with E-state index in [0.717, 1.165) is 16.7 Å². The molecular weight excluding hydrogens is 438 g/mol. The number of hydrogen-bond donors (Lipinski definition) is 0. The fraction of sp³-hybridized carbons (Fsp3) is 0.185. The van der Waals surface area contributed by atoms with Gasteiger partial charge in [0.25, 0.3) is 0 Å². The second-order valence-corrected chi connectivity index (χ2v) is 8.10. The number of ether oxygens (including phenoxy) is 3. The molecule has 0 radical (unpaired) electrons. The molecule has 0 saturated heterocycles. The Labute approximate surface area is 198 Å². The van der Waals surface area contributed by atoms with Crippen molar-refractivity contribution in [3.8, 4) is 11.5 Å². The maximum atomic E-state index is 12.4. The van der Waals surface area contributed by atoms with Crippen molar-refractivity contribution in [3.63, 3.8) is 0 Å². The average molecular weight is 462 g/mol. The molecule has 6 heteroatoms. The number of hydrogen-bond acceptors (Lipinski definition) is 5. The normalized spacial score (nSPS) is 14.2. The van der Waals surface area contributed by atoms with Gasteiger partial charge in [-0.15, -0.1) is 0 Å². The van der Waals surface area contributed by atoms with E-state index in [4.69, 9.17) is 25.8 Å². The Morgan fingerprint density at radius 2 is 1.79 bits per heavy atom. The van der Waals surface area contributed by atoms with Gasteiger partial charge in [-0.05, 0) is 61.7 Å². The predicted molar refractivity (Wildman–Crippen MR) is 130 cm³/mol. The number of cyclic esters (lactones) is 1. The van der Waals surface area contributed by atoms with E-state index >= 15 is 0 Å². The molecule has 1 aliphatic rings. The average Bonchev–Trinajstić information content (AvgIpc) is 3.15. The summed E-state index contributed by atoms with van der Waals surface area (Å²) in [5, 5.41) is 0.384. The van der Waals surface area contributed by atoms with Crippen LogP contribution in [-0.4, -0.2) is 18.5 Å². The number of nitrogens with zero attached hydrogens (tertiary/aromatic N) is 1. The number of esters is 1. The number of aliphatic imine (C=N–C) groups is 1. The van der Waals surface area contributed by atoms with Crippen molar-refractivity contribution >= 4 is 29.5 Å². The van der Waals surface area contributed by atoms with Crippen LogP contribution in [0.2, 0.25) is 5.02 Å². The van der Waals surface area contributed by atoms with Crippen LogP contribution < -0.4 is 9.47 Å². The topological polar surface area (TPSA) is 57.1 Å². The maximum absolute atomic E-state index is 12.4. The number of benzene rings is 3. The second-order valence-electron chi connectivity index (χ2n) is 7.69. The van der Waals surface area contributed by atoms with Gasteiger partial charge in [0, 0.05) is 5.56 Å². The highest BCUT2D eigenvalue weighted by Gasteiger charge is 2.25. The molecule has 0 bridgehead atoms. The number of halogens is 1. The van der Waals surface area contributed by atoms with E-state index < -0.39 is 5.97 Å². The van der Waals surface area contributed by atoms with Crippen LogP contribution in [0.4, 0.5) is 0 Å². The third-order valence-corrected chi connectivity index (χ3v) is 5.42. The number of carbonyl (C=O) groups excluding carboxylic acids is 1. The zero-order valence-electron chi connectivity index (χ0n) is 18.7.